The van der Waals surface area contributed by atoms with Crippen molar-refractivity contribution in [2.24, 2.45) is 0 Å². The summed E-state index contributed by atoms with van der Waals surface area (Å²) >= 11 is 11.9. The maximum Gasteiger partial charge on any atom is 0.0870 e. The average molecular weight is 229 g/mol. The van der Waals surface area contributed by atoms with E-state index in [9.17, 15) is 0 Å². The van der Waals surface area contributed by atoms with Crippen LogP contribution in [0.3, 0.4) is 0 Å². The zero-order chi connectivity index (χ0) is 9.97. The monoisotopic (exact) mass is 228 g/mol. The lowest BCUT2D eigenvalue weighted by Gasteiger charge is -2.15. The zero-order valence-electron chi connectivity index (χ0n) is 7.50. The van der Waals surface area contributed by atoms with E-state index in [1.807, 2.05) is 24.5 Å². The van der Waals surface area contributed by atoms with Gasteiger partial charge in [0.2, 0.25) is 0 Å². The summed E-state index contributed by atoms with van der Waals surface area (Å²) in [6.07, 6.45) is 3.93. The maximum absolute atomic E-state index is 6.05. The number of hydrogen-bond donors (Lipinski definition) is 1. The van der Waals surface area contributed by atoms with Gasteiger partial charge < -0.3 is 10.2 Å². The van der Waals surface area contributed by atoms with E-state index in [0.29, 0.717) is 5.02 Å². The van der Waals surface area contributed by atoms with Crippen LogP contribution in [0.5, 0.6) is 0 Å². The van der Waals surface area contributed by atoms with E-state index in [2.05, 4.69) is 10.2 Å². The van der Waals surface area contributed by atoms with Gasteiger partial charge in [-0.05, 0) is 17.7 Å². The molecule has 0 bridgehead atoms. The van der Waals surface area contributed by atoms with E-state index < -0.39 is 0 Å². The fourth-order valence-corrected chi connectivity index (χ4v) is 1.83. The molecule has 0 aliphatic carbocycles. The number of benzene rings is 1. The Kier molecular flexibility index (Phi) is 2.85. The average Bonchev–Trinajstić information content (AvgIpc) is 2.62. The SMILES string of the molecule is Clc1ccc(CN2C=CNC2)c(Cl)c1. The molecule has 0 aromatic heterocycles. The first-order valence-corrected chi connectivity index (χ1v) is 5.09. The fraction of sp³-hybridized carbons (Fsp3) is 0.200. The molecule has 1 N–H and O–H groups in total. The van der Waals surface area contributed by atoms with Crippen LogP contribution in [0.2, 0.25) is 10.0 Å². The smallest absolute Gasteiger partial charge is 0.0870 e. The Morgan fingerprint density at radius 1 is 1.36 bits per heavy atom. The molecule has 1 aromatic carbocycles. The second-order valence-corrected chi connectivity index (χ2v) is 4.00. The van der Waals surface area contributed by atoms with E-state index in [-0.39, 0.29) is 0 Å². The Morgan fingerprint density at radius 3 is 2.86 bits per heavy atom. The van der Waals surface area contributed by atoms with Crippen molar-refractivity contribution < 1.29 is 0 Å². The lowest BCUT2D eigenvalue weighted by molar-refractivity contribution is 0.385. The van der Waals surface area contributed by atoms with Crippen molar-refractivity contribution in [1.29, 1.82) is 0 Å². The van der Waals surface area contributed by atoms with E-state index in [0.717, 1.165) is 23.8 Å². The first-order valence-electron chi connectivity index (χ1n) is 4.34. The van der Waals surface area contributed by atoms with Gasteiger partial charge in [0.1, 0.15) is 0 Å². The number of rotatable bonds is 2. The molecule has 1 heterocycles. The predicted octanol–water partition coefficient (Wildman–Crippen LogP) is 2.83. The van der Waals surface area contributed by atoms with Gasteiger partial charge in [0.15, 0.2) is 0 Å². The number of nitrogens with one attached hydrogen (secondary N) is 1. The van der Waals surface area contributed by atoms with Crippen molar-refractivity contribution >= 4 is 23.2 Å². The molecule has 14 heavy (non-hydrogen) atoms. The molecule has 0 unspecified atom stereocenters. The highest BCUT2D eigenvalue weighted by atomic mass is 35.5. The molecular formula is C10H10Cl2N2. The first-order chi connectivity index (χ1) is 6.75. The van der Waals surface area contributed by atoms with Crippen LogP contribution in [0.4, 0.5) is 0 Å². The van der Waals surface area contributed by atoms with E-state index in [1.165, 1.54) is 0 Å². The highest BCUT2D eigenvalue weighted by molar-refractivity contribution is 6.35. The Morgan fingerprint density at radius 2 is 2.21 bits per heavy atom. The fourth-order valence-electron chi connectivity index (χ4n) is 1.36. The zero-order valence-corrected chi connectivity index (χ0v) is 9.02. The maximum atomic E-state index is 6.05. The number of halogens is 2. The highest BCUT2D eigenvalue weighted by Crippen LogP contribution is 2.22. The third-order valence-corrected chi connectivity index (χ3v) is 2.67. The molecular weight excluding hydrogens is 219 g/mol. The molecule has 1 aliphatic rings. The Hall–Kier alpha value is -0.860. The topological polar surface area (TPSA) is 15.3 Å². The summed E-state index contributed by atoms with van der Waals surface area (Å²) in [5.74, 6) is 0. The molecule has 1 aromatic rings. The van der Waals surface area contributed by atoms with Crippen LogP contribution >= 0.6 is 23.2 Å². The molecule has 0 spiro atoms. The molecule has 0 amide bonds. The van der Waals surface area contributed by atoms with Crippen LogP contribution in [-0.4, -0.2) is 11.6 Å². The molecule has 0 saturated carbocycles. The van der Waals surface area contributed by atoms with Gasteiger partial charge in [0, 0.05) is 29.0 Å². The summed E-state index contributed by atoms with van der Waals surface area (Å²) in [6.45, 7) is 1.64. The normalized spacial score (nSPS) is 14.6. The molecule has 0 saturated heterocycles. The highest BCUT2D eigenvalue weighted by Gasteiger charge is 2.07. The van der Waals surface area contributed by atoms with Crippen molar-refractivity contribution in [3.63, 3.8) is 0 Å². The van der Waals surface area contributed by atoms with E-state index in [4.69, 9.17) is 23.2 Å². The number of hydrogen-bond acceptors (Lipinski definition) is 2. The second kappa shape index (κ2) is 4.11. The molecule has 2 nitrogen and oxygen atoms in total. The first kappa shape index (κ1) is 9.69. The van der Waals surface area contributed by atoms with Gasteiger partial charge in [-0.3, -0.25) is 0 Å². The summed E-state index contributed by atoms with van der Waals surface area (Å²) in [4.78, 5) is 2.13. The third-order valence-electron chi connectivity index (χ3n) is 2.09. The Balaban J connectivity index is 2.12. The van der Waals surface area contributed by atoms with Crippen LogP contribution in [-0.2, 0) is 6.54 Å². The van der Waals surface area contributed by atoms with Gasteiger partial charge >= 0.3 is 0 Å². The summed E-state index contributed by atoms with van der Waals surface area (Å²) in [7, 11) is 0. The standard InChI is InChI=1S/C10H10Cl2N2/c11-9-2-1-8(10(12)5-9)6-14-4-3-13-7-14/h1-5,13H,6-7H2. The Labute approximate surface area is 93.1 Å². The quantitative estimate of drug-likeness (QED) is 0.838. The minimum Gasteiger partial charge on any atom is -0.373 e. The van der Waals surface area contributed by atoms with E-state index in [1.54, 1.807) is 6.07 Å². The second-order valence-electron chi connectivity index (χ2n) is 3.16. The molecule has 74 valence electrons. The molecule has 1 aliphatic heterocycles. The molecule has 0 radical (unpaired) electrons. The molecule has 0 fully saturated rings. The minimum absolute atomic E-state index is 0.675. The van der Waals surface area contributed by atoms with Crippen molar-refractivity contribution in [3.05, 3.63) is 46.2 Å². The van der Waals surface area contributed by atoms with Gasteiger partial charge in [-0.25, -0.2) is 0 Å². The summed E-state index contributed by atoms with van der Waals surface area (Å²) in [5, 5.41) is 4.49. The van der Waals surface area contributed by atoms with Crippen LogP contribution in [0.25, 0.3) is 0 Å². The number of nitrogens with zero attached hydrogens (tertiary/aromatic N) is 1. The van der Waals surface area contributed by atoms with Crippen LogP contribution in [0.1, 0.15) is 5.56 Å². The van der Waals surface area contributed by atoms with Gasteiger partial charge in [-0.2, -0.15) is 0 Å². The van der Waals surface area contributed by atoms with Crippen LogP contribution < -0.4 is 5.32 Å². The van der Waals surface area contributed by atoms with Crippen LogP contribution in [0.15, 0.2) is 30.6 Å². The largest absolute Gasteiger partial charge is 0.373 e. The molecule has 0 atom stereocenters. The molecule has 4 heteroatoms. The van der Waals surface area contributed by atoms with Crippen molar-refractivity contribution in [2.75, 3.05) is 6.67 Å². The predicted molar refractivity (Wildman–Crippen MR) is 59.1 cm³/mol. The van der Waals surface area contributed by atoms with Crippen molar-refractivity contribution in [1.82, 2.24) is 10.2 Å². The molecule has 2 rings (SSSR count). The Bertz CT molecular complexity index is 363. The van der Waals surface area contributed by atoms with Gasteiger partial charge in [-0.1, -0.05) is 29.3 Å². The van der Waals surface area contributed by atoms with Gasteiger partial charge in [0.25, 0.3) is 0 Å². The summed E-state index contributed by atoms with van der Waals surface area (Å²) in [6, 6.07) is 5.58. The van der Waals surface area contributed by atoms with Crippen LogP contribution in [0, 0.1) is 0 Å². The van der Waals surface area contributed by atoms with Crippen molar-refractivity contribution in [3.8, 4) is 0 Å². The summed E-state index contributed by atoms with van der Waals surface area (Å²) < 4.78 is 0. The third kappa shape index (κ3) is 2.14. The minimum atomic E-state index is 0.675. The summed E-state index contributed by atoms with van der Waals surface area (Å²) in [5.41, 5.74) is 1.09. The van der Waals surface area contributed by atoms with Crippen molar-refractivity contribution in [2.45, 2.75) is 6.54 Å². The van der Waals surface area contributed by atoms with E-state index >= 15 is 0 Å². The van der Waals surface area contributed by atoms with Gasteiger partial charge in [0.05, 0.1) is 6.67 Å². The van der Waals surface area contributed by atoms with Gasteiger partial charge in [-0.15, -0.1) is 0 Å². The lowest BCUT2D eigenvalue weighted by Crippen LogP contribution is -2.20. The lowest BCUT2D eigenvalue weighted by atomic mass is 10.2.